The molecule has 2 atom stereocenters. The highest BCUT2D eigenvalue weighted by Crippen LogP contribution is 2.20. The molecule has 1 aromatic rings. The van der Waals surface area contributed by atoms with Gasteiger partial charge in [-0.2, -0.15) is 0 Å². The van der Waals surface area contributed by atoms with Gasteiger partial charge in [0, 0.05) is 12.6 Å². The summed E-state index contributed by atoms with van der Waals surface area (Å²) in [7, 11) is 0. The molecule has 0 spiro atoms. The summed E-state index contributed by atoms with van der Waals surface area (Å²) in [6.07, 6.45) is 0.227. The lowest BCUT2D eigenvalue weighted by Gasteiger charge is -2.14. The molecule has 1 saturated heterocycles. The number of nitrogens with one attached hydrogen (secondary N) is 1. The van der Waals surface area contributed by atoms with E-state index in [1.807, 2.05) is 6.92 Å². The number of aromatic nitrogens is 2. The maximum Gasteiger partial charge on any atom is 0.356 e. The summed E-state index contributed by atoms with van der Waals surface area (Å²) >= 11 is 11.7. The van der Waals surface area contributed by atoms with Crippen molar-refractivity contribution in [1.29, 1.82) is 0 Å². The third-order valence-corrected chi connectivity index (χ3v) is 3.35. The molecule has 0 aliphatic carbocycles. The van der Waals surface area contributed by atoms with Gasteiger partial charge in [0.25, 0.3) is 0 Å². The standard InChI is InChI=1S/C12H15Cl2N3O4/c1-6(3-20-4-7-5-21-7)15-2-8-9(13)10(11(18)19)17-12(14)16-8/h6-7,15H,2-5H2,1H3,(H,18,19)/t6-,7-/m1/s1. The highest BCUT2D eigenvalue weighted by atomic mass is 35.5. The maximum absolute atomic E-state index is 11.0. The van der Waals surface area contributed by atoms with Gasteiger partial charge in [0.1, 0.15) is 6.10 Å². The number of carboxylic acids is 1. The molecule has 2 heterocycles. The number of epoxide rings is 1. The number of ether oxygens (including phenoxy) is 2. The van der Waals surface area contributed by atoms with Crippen LogP contribution in [0.2, 0.25) is 10.3 Å². The van der Waals surface area contributed by atoms with Gasteiger partial charge in [0.15, 0.2) is 5.69 Å². The molecule has 0 saturated carbocycles. The van der Waals surface area contributed by atoms with Gasteiger partial charge in [-0.25, -0.2) is 14.8 Å². The molecule has 0 bridgehead atoms. The molecular weight excluding hydrogens is 321 g/mol. The first-order valence-electron chi connectivity index (χ1n) is 6.35. The van der Waals surface area contributed by atoms with Gasteiger partial charge in [0.2, 0.25) is 5.28 Å². The van der Waals surface area contributed by atoms with Crippen molar-refractivity contribution in [3.63, 3.8) is 0 Å². The number of aromatic carboxylic acids is 1. The topological polar surface area (TPSA) is 96.9 Å². The minimum absolute atomic E-state index is 0.0149. The molecule has 2 N–H and O–H groups in total. The lowest BCUT2D eigenvalue weighted by molar-refractivity contribution is 0.0690. The van der Waals surface area contributed by atoms with Crippen LogP contribution in [0.3, 0.4) is 0 Å². The van der Waals surface area contributed by atoms with Gasteiger partial charge in [-0.15, -0.1) is 0 Å². The summed E-state index contributed by atoms with van der Waals surface area (Å²) in [5, 5.41) is 12.0. The first kappa shape index (κ1) is 16.4. The average Bonchev–Trinajstić information content (AvgIpc) is 3.23. The second-order valence-corrected chi connectivity index (χ2v) is 5.40. The van der Waals surface area contributed by atoms with E-state index in [-0.39, 0.29) is 34.7 Å². The van der Waals surface area contributed by atoms with Crippen molar-refractivity contribution in [3.05, 3.63) is 21.7 Å². The highest BCUT2D eigenvalue weighted by molar-refractivity contribution is 6.34. The summed E-state index contributed by atoms with van der Waals surface area (Å²) in [6.45, 7) is 4.04. The van der Waals surface area contributed by atoms with Crippen LogP contribution in [0.1, 0.15) is 23.1 Å². The summed E-state index contributed by atoms with van der Waals surface area (Å²) in [4.78, 5) is 18.5. The minimum Gasteiger partial charge on any atom is -0.476 e. The third kappa shape index (κ3) is 5.05. The molecule has 7 nitrogen and oxygen atoms in total. The molecule has 1 aliphatic heterocycles. The van der Waals surface area contributed by atoms with E-state index in [0.29, 0.717) is 18.9 Å². The van der Waals surface area contributed by atoms with Crippen molar-refractivity contribution in [2.45, 2.75) is 25.6 Å². The van der Waals surface area contributed by atoms with Crippen LogP contribution < -0.4 is 5.32 Å². The van der Waals surface area contributed by atoms with Crippen LogP contribution in [-0.4, -0.2) is 53.0 Å². The first-order chi connectivity index (χ1) is 9.97. The lowest BCUT2D eigenvalue weighted by atomic mass is 10.3. The molecule has 0 unspecified atom stereocenters. The number of carboxylic acid groups (broad SMARTS) is 1. The Morgan fingerprint density at radius 3 is 2.90 bits per heavy atom. The quantitative estimate of drug-likeness (QED) is 0.547. The van der Waals surface area contributed by atoms with E-state index in [9.17, 15) is 4.79 Å². The molecule has 1 aliphatic rings. The zero-order chi connectivity index (χ0) is 15.4. The van der Waals surface area contributed by atoms with E-state index in [1.54, 1.807) is 0 Å². The Balaban J connectivity index is 1.87. The highest BCUT2D eigenvalue weighted by Gasteiger charge is 2.22. The summed E-state index contributed by atoms with van der Waals surface area (Å²) in [6, 6.07) is 0.0434. The second kappa shape index (κ2) is 7.33. The lowest BCUT2D eigenvalue weighted by Crippen LogP contribution is -2.31. The molecule has 0 radical (unpaired) electrons. The van der Waals surface area contributed by atoms with Gasteiger partial charge >= 0.3 is 5.97 Å². The Hall–Kier alpha value is -0.990. The minimum atomic E-state index is -1.24. The van der Waals surface area contributed by atoms with Crippen LogP contribution in [0, 0.1) is 0 Å². The SMILES string of the molecule is C[C@H](COC[C@@H]1CO1)NCc1nc(Cl)nc(C(=O)O)c1Cl. The predicted molar refractivity (Wildman–Crippen MR) is 75.9 cm³/mol. The second-order valence-electron chi connectivity index (χ2n) is 4.68. The van der Waals surface area contributed by atoms with E-state index in [4.69, 9.17) is 37.8 Å². The van der Waals surface area contributed by atoms with Crippen molar-refractivity contribution in [2.75, 3.05) is 19.8 Å². The van der Waals surface area contributed by atoms with Crippen molar-refractivity contribution in [3.8, 4) is 0 Å². The zero-order valence-corrected chi connectivity index (χ0v) is 12.8. The number of hydrogen-bond donors (Lipinski definition) is 2. The van der Waals surface area contributed by atoms with Crippen molar-refractivity contribution >= 4 is 29.2 Å². The van der Waals surface area contributed by atoms with E-state index in [2.05, 4.69) is 15.3 Å². The fourth-order valence-corrected chi connectivity index (χ4v) is 2.01. The Bertz CT molecular complexity index is 525. The van der Waals surface area contributed by atoms with Crippen LogP contribution in [0.4, 0.5) is 0 Å². The van der Waals surface area contributed by atoms with Crippen LogP contribution in [0.5, 0.6) is 0 Å². The molecular formula is C12H15Cl2N3O4. The third-order valence-electron chi connectivity index (χ3n) is 2.79. The van der Waals surface area contributed by atoms with Crippen molar-refractivity contribution in [2.24, 2.45) is 0 Å². The monoisotopic (exact) mass is 335 g/mol. The molecule has 9 heteroatoms. The average molecular weight is 336 g/mol. The van der Waals surface area contributed by atoms with E-state index in [0.717, 1.165) is 6.61 Å². The van der Waals surface area contributed by atoms with Crippen molar-refractivity contribution < 1.29 is 19.4 Å². The van der Waals surface area contributed by atoms with Gasteiger partial charge in [-0.3, -0.25) is 0 Å². The van der Waals surface area contributed by atoms with Crippen molar-refractivity contribution in [1.82, 2.24) is 15.3 Å². The Kier molecular flexibility index (Phi) is 5.72. The van der Waals surface area contributed by atoms with E-state index >= 15 is 0 Å². The van der Waals surface area contributed by atoms with Crippen LogP contribution in [-0.2, 0) is 16.0 Å². The summed E-state index contributed by atoms with van der Waals surface area (Å²) < 4.78 is 10.5. The Morgan fingerprint density at radius 2 is 2.29 bits per heavy atom. The number of carbonyl (C=O) groups is 1. The Labute approximate surface area is 131 Å². The van der Waals surface area contributed by atoms with Crippen LogP contribution in [0.25, 0.3) is 0 Å². The molecule has 0 aromatic carbocycles. The van der Waals surface area contributed by atoms with Crippen LogP contribution in [0.15, 0.2) is 0 Å². The smallest absolute Gasteiger partial charge is 0.356 e. The van der Waals surface area contributed by atoms with Gasteiger partial charge in [-0.1, -0.05) is 11.6 Å². The molecule has 1 fully saturated rings. The normalized spacial score (nSPS) is 18.5. The molecule has 2 rings (SSSR count). The molecule has 0 amide bonds. The van der Waals surface area contributed by atoms with E-state index < -0.39 is 5.97 Å². The van der Waals surface area contributed by atoms with Crippen LogP contribution >= 0.6 is 23.2 Å². The molecule has 116 valence electrons. The fourth-order valence-electron chi connectivity index (χ4n) is 1.59. The Morgan fingerprint density at radius 1 is 1.57 bits per heavy atom. The largest absolute Gasteiger partial charge is 0.476 e. The molecule has 1 aromatic heterocycles. The van der Waals surface area contributed by atoms with Gasteiger partial charge < -0.3 is 19.9 Å². The predicted octanol–water partition coefficient (Wildman–Crippen LogP) is 1.38. The first-order valence-corrected chi connectivity index (χ1v) is 7.11. The maximum atomic E-state index is 11.0. The fraction of sp³-hybridized carbons (Fsp3) is 0.583. The number of hydrogen-bond acceptors (Lipinski definition) is 6. The molecule has 21 heavy (non-hydrogen) atoms. The summed E-state index contributed by atoms with van der Waals surface area (Å²) in [5.74, 6) is -1.24. The summed E-state index contributed by atoms with van der Waals surface area (Å²) in [5.41, 5.74) is 0.0368. The zero-order valence-electron chi connectivity index (χ0n) is 11.3. The van der Waals surface area contributed by atoms with Gasteiger partial charge in [-0.05, 0) is 18.5 Å². The number of halogens is 2. The number of nitrogens with zero attached hydrogens (tertiary/aromatic N) is 2. The van der Waals surface area contributed by atoms with E-state index in [1.165, 1.54) is 0 Å². The number of rotatable bonds is 8. The van der Waals surface area contributed by atoms with Gasteiger partial charge in [0.05, 0.1) is 30.5 Å².